The Hall–Kier alpha value is -2.69. The summed E-state index contributed by atoms with van der Waals surface area (Å²) in [5.41, 5.74) is 3.33. The summed E-state index contributed by atoms with van der Waals surface area (Å²) in [5, 5.41) is 7.27. The Morgan fingerprint density at radius 2 is 1.91 bits per heavy atom. The molecule has 1 aromatic carbocycles. The summed E-state index contributed by atoms with van der Waals surface area (Å²) in [6, 6.07) is 7.07. The van der Waals surface area contributed by atoms with E-state index in [9.17, 15) is 9.59 Å². The molecule has 1 aliphatic rings. The summed E-state index contributed by atoms with van der Waals surface area (Å²) in [7, 11) is 0. The highest BCUT2D eigenvalue weighted by Crippen LogP contribution is 2.30. The van der Waals surface area contributed by atoms with Crippen molar-refractivity contribution in [3.8, 4) is 0 Å². The Kier molecular flexibility index (Phi) is 3.63. The lowest BCUT2D eigenvalue weighted by atomic mass is 9.92. The number of carbonyl (C=O) groups excluding carboxylic acids is 2. The fourth-order valence-corrected chi connectivity index (χ4v) is 2.55. The third-order valence-corrected chi connectivity index (χ3v) is 3.64. The van der Waals surface area contributed by atoms with Crippen LogP contribution >= 0.6 is 0 Å². The number of rotatable bonds is 4. The number of fused-ring (bicyclic) bond motifs is 1. The maximum absolute atomic E-state index is 11.9. The average Bonchev–Trinajstić information content (AvgIpc) is 2.86. The molecule has 5 nitrogen and oxygen atoms in total. The third kappa shape index (κ3) is 2.35. The van der Waals surface area contributed by atoms with Crippen LogP contribution in [-0.2, 0) is 11.2 Å². The van der Waals surface area contributed by atoms with Crippen LogP contribution in [0, 0.1) is 6.92 Å². The molecule has 0 fully saturated rings. The van der Waals surface area contributed by atoms with Crippen LogP contribution < -0.4 is 5.32 Å². The van der Waals surface area contributed by atoms with Gasteiger partial charge in [-0.05, 0) is 13.3 Å². The summed E-state index contributed by atoms with van der Waals surface area (Å²) < 4.78 is 5.23. The molecule has 22 heavy (non-hydrogen) atoms. The minimum atomic E-state index is -0.521. The minimum absolute atomic E-state index is 0.420. The molecule has 0 saturated heterocycles. The van der Waals surface area contributed by atoms with Crippen molar-refractivity contribution >= 4 is 23.0 Å². The van der Waals surface area contributed by atoms with E-state index in [0.29, 0.717) is 17.0 Å². The van der Waals surface area contributed by atoms with Gasteiger partial charge in [-0.1, -0.05) is 42.8 Å². The number of anilines is 1. The Balaban J connectivity index is 2.02. The lowest BCUT2D eigenvalue weighted by molar-refractivity contribution is -0.111. The van der Waals surface area contributed by atoms with E-state index in [4.69, 9.17) is 4.52 Å². The van der Waals surface area contributed by atoms with Crippen LogP contribution in [0.2, 0.25) is 0 Å². The fraction of sp³-hybridized carbons (Fsp3) is 0.235. The van der Waals surface area contributed by atoms with Gasteiger partial charge in [-0.25, -0.2) is 0 Å². The summed E-state index contributed by atoms with van der Waals surface area (Å²) in [6.45, 7) is 3.88. The predicted octanol–water partition coefficient (Wildman–Crippen LogP) is 3.15. The maximum atomic E-state index is 11.9. The Bertz CT molecular complexity index is 787. The van der Waals surface area contributed by atoms with Crippen molar-refractivity contribution in [3.05, 3.63) is 52.9 Å². The Morgan fingerprint density at radius 1 is 1.18 bits per heavy atom. The van der Waals surface area contributed by atoms with Crippen LogP contribution in [0.5, 0.6) is 0 Å². The molecule has 5 heteroatoms. The molecule has 0 unspecified atom stereocenters. The molecular formula is C17H16N2O3. The highest BCUT2D eigenvalue weighted by atomic mass is 16.5. The van der Waals surface area contributed by atoms with Gasteiger partial charge >= 0.3 is 0 Å². The standard InChI is InChI=1S/C17H16N2O3/c1-3-6-13-16(10(2)22-19-13)18-14-9-15(20)17(21)12-8-5-4-7-11(12)14/h4-5,7-9,18H,3,6H2,1-2H3. The number of benzene rings is 1. The molecule has 3 rings (SSSR count). The van der Waals surface area contributed by atoms with E-state index in [0.717, 1.165) is 29.8 Å². The maximum Gasteiger partial charge on any atom is 0.233 e. The fourth-order valence-electron chi connectivity index (χ4n) is 2.55. The van der Waals surface area contributed by atoms with Gasteiger partial charge in [0.15, 0.2) is 5.76 Å². The monoisotopic (exact) mass is 296 g/mol. The van der Waals surface area contributed by atoms with Gasteiger partial charge < -0.3 is 9.84 Å². The molecule has 0 atom stereocenters. The molecule has 1 aliphatic carbocycles. The molecular weight excluding hydrogens is 280 g/mol. The molecule has 1 aromatic heterocycles. The molecule has 112 valence electrons. The van der Waals surface area contributed by atoms with Crippen molar-refractivity contribution in [2.24, 2.45) is 0 Å². The zero-order chi connectivity index (χ0) is 15.7. The second-order valence-electron chi connectivity index (χ2n) is 5.23. The van der Waals surface area contributed by atoms with Gasteiger partial charge in [0, 0.05) is 17.2 Å². The number of ketones is 2. The quantitative estimate of drug-likeness (QED) is 0.877. The van der Waals surface area contributed by atoms with Gasteiger partial charge in [-0.2, -0.15) is 0 Å². The van der Waals surface area contributed by atoms with Gasteiger partial charge in [-0.15, -0.1) is 0 Å². The van der Waals surface area contributed by atoms with E-state index in [1.807, 2.05) is 19.1 Å². The number of aromatic nitrogens is 1. The van der Waals surface area contributed by atoms with E-state index >= 15 is 0 Å². The summed E-state index contributed by atoms with van der Waals surface area (Å²) in [6.07, 6.45) is 3.06. The Labute approximate surface area is 128 Å². The van der Waals surface area contributed by atoms with Gasteiger partial charge in [-0.3, -0.25) is 9.59 Å². The number of Topliss-reactive ketones (excluding diaryl/α,β-unsaturated/α-hetero) is 1. The van der Waals surface area contributed by atoms with Gasteiger partial charge in [0.05, 0.1) is 5.70 Å². The number of nitrogens with zero attached hydrogens (tertiary/aromatic N) is 1. The largest absolute Gasteiger partial charge is 0.359 e. The minimum Gasteiger partial charge on any atom is -0.359 e. The number of nitrogens with one attached hydrogen (secondary N) is 1. The van der Waals surface area contributed by atoms with Crippen molar-refractivity contribution in [1.29, 1.82) is 0 Å². The van der Waals surface area contributed by atoms with Crippen LogP contribution in [0.25, 0.3) is 5.70 Å². The first-order valence-corrected chi connectivity index (χ1v) is 7.23. The molecule has 0 amide bonds. The molecule has 0 spiro atoms. The Morgan fingerprint density at radius 3 is 2.64 bits per heavy atom. The lowest BCUT2D eigenvalue weighted by Gasteiger charge is -2.17. The highest BCUT2D eigenvalue weighted by Gasteiger charge is 2.26. The van der Waals surface area contributed by atoms with Crippen LogP contribution in [-0.4, -0.2) is 16.7 Å². The molecule has 0 saturated carbocycles. The van der Waals surface area contributed by atoms with Crippen molar-refractivity contribution < 1.29 is 14.1 Å². The van der Waals surface area contributed by atoms with Crippen molar-refractivity contribution in [3.63, 3.8) is 0 Å². The normalized spacial score (nSPS) is 13.8. The van der Waals surface area contributed by atoms with E-state index in [1.54, 1.807) is 12.1 Å². The number of hydrogen-bond donors (Lipinski definition) is 1. The first-order valence-electron chi connectivity index (χ1n) is 7.23. The van der Waals surface area contributed by atoms with E-state index in [1.165, 1.54) is 6.08 Å². The average molecular weight is 296 g/mol. The van der Waals surface area contributed by atoms with Crippen molar-refractivity contribution in [1.82, 2.24) is 5.16 Å². The second-order valence-corrected chi connectivity index (χ2v) is 5.23. The van der Waals surface area contributed by atoms with Gasteiger partial charge in [0.25, 0.3) is 0 Å². The smallest absolute Gasteiger partial charge is 0.233 e. The number of hydrogen-bond acceptors (Lipinski definition) is 5. The number of carbonyl (C=O) groups is 2. The van der Waals surface area contributed by atoms with Crippen molar-refractivity contribution in [2.75, 3.05) is 5.32 Å². The van der Waals surface area contributed by atoms with E-state index in [-0.39, 0.29) is 0 Å². The zero-order valence-electron chi connectivity index (χ0n) is 12.5. The molecule has 1 N–H and O–H groups in total. The van der Waals surface area contributed by atoms with E-state index < -0.39 is 11.6 Å². The molecule has 2 aromatic rings. The van der Waals surface area contributed by atoms with Gasteiger partial charge in [0.2, 0.25) is 11.6 Å². The summed E-state index contributed by atoms with van der Waals surface area (Å²) in [4.78, 5) is 23.8. The SMILES string of the molecule is CCCc1noc(C)c1NC1=CC(=O)C(=O)c2ccccc21. The van der Waals surface area contributed by atoms with Crippen molar-refractivity contribution in [2.45, 2.75) is 26.7 Å². The molecule has 0 bridgehead atoms. The molecule has 0 aliphatic heterocycles. The van der Waals surface area contributed by atoms with Crippen LogP contribution in [0.15, 0.2) is 34.9 Å². The second kappa shape index (κ2) is 5.60. The number of aryl methyl sites for hydroxylation is 2. The highest BCUT2D eigenvalue weighted by molar-refractivity contribution is 6.50. The molecule has 0 radical (unpaired) electrons. The van der Waals surface area contributed by atoms with E-state index in [2.05, 4.69) is 17.4 Å². The molecule has 1 heterocycles. The van der Waals surface area contributed by atoms with Crippen LogP contribution in [0.1, 0.15) is 40.7 Å². The van der Waals surface area contributed by atoms with Gasteiger partial charge in [0.1, 0.15) is 11.4 Å². The zero-order valence-corrected chi connectivity index (χ0v) is 12.5. The summed E-state index contributed by atoms with van der Waals surface area (Å²) in [5.74, 6) is -0.337. The van der Waals surface area contributed by atoms with Crippen LogP contribution in [0.4, 0.5) is 5.69 Å². The lowest BCUT2D eigenvalue weighted by Crippen LogP contribution is -2.21. The third-order valence-electron chi connectivity index (χ3n) is 3.64. The number of allylic oxidation sites excluding steroid dienone is 1. The first kappa shape index (κ1) is 14.3. The first-order chi connectivity index (χ1) is 10.6. The van der Waals surface area contributed by atoms with Crippen LogP contribution in [0.3, 0.4) is 0 Å². The summed E-state index contributed by atoms with van der Waals surface area (Å²) >= 11 is 0. The topological polar surface area (TPSA) is 72.2 Å². The predicted molar refractivity (Wildman–Crippen MR) is 82.6 cm³/mol.